The van der Waals surface area contributed by atoms with Gasteiger partial charge in [0, 0.05) is 18.7 Å². The molecular weight excluding hydrogens is 276 g/mol. The smallest absolute Gasteiger partial charge is 0.251 e. The van der Waals surface area contributed by atoms with Crippen LogP contribution in [0, 0.1) is 5.92 Å². The molecule has 112 valence electrons. The number of hydrogen-bond acceptors (Lipinski definition) is 3. The number of rotatable bonds is 8. The molecule has 0 unspecified atom stereocenters. The Hall–Kier alpha value is -1.40. The molecule has 0 fully saturated rings. The summed E-state index contributed by atoms with van der Waals surface area (Å²) in [6.45, 7) is 4.61. The summed E-state index contributed by atoms with van der Waals surface area (Å²) in [5, 5.41) is 2.60. The minimum absolute atomic E-state index is 0.102. The summed E-state index contributed by atoms with van der Waals surface area (Å²) in [7, 11) is -3.32. The molecule has 1 aromatic carbocycles. The molecule has 0 aliphatic carbocycles. The molecule has 6 heteroatoms. The molecule has 1 rings (SSSR count). The fourth-order valence-electron chi connectivity index (χ4n) is 1.57. The Bertz CT molecular complexity index is 512. The van der Waals surface area contributed by atoms with Gasteiger partial charge in [-0.05, 0) is 24.5 Å². The molecule has 0 saturated heterocycles. The van der Waals surface area contributed by atoms with Crippen molar-refractivity contribution in [3.8, 4) is 0 Å². The molecule has 0 bridgehead atoms. The Balaban J connectivity index is 2.31. The summed E-state index contributed by atoms with van der Waals surface area (Å²) in [5.41, 5.74) is 0.526. The highest BCUT2D eigenvalue weighted by molar-refractivity contribution is 7.89. The summed E-state index contributed by atoms with van der Waals surface area (Å²) in [6.07, 6.45) is 0.801. The number of carbonyl (C=O) groups excluding carboxylic acids is 1. The number of hydrogen-bond donors (Lipinski definition) is 2. The van der Waals surface area contributed by atoms with Gasteiger partial charge < -0.3 is 5.32 Å². The van der Waals surface area contributed by atoms with Crippen LogP contribution in [0.3, 0.4) is 0 Å². The molecule has 20 heavy (non-hydrogen) atoms. The lowest BCUT2D eigenvalue weighted by Crippen LogP contribution is -2.35. The third-order valence-corrected chi connectivity index (χ3v) is 4.12. The van der Waals surface area contributed by atoms with Crippen molar-refractivity contribution in [3.05, 3.63) is 35.9 Å². The van der Waals surface area contributed by atoms with E-state index in [-0.39, 0.29) is 18.2 Å². The Morgan fingerprint density at radius 1 is 1.15 bits per heavy atom. The second-order valence-corrected chi connectivity index (χ2v) is 6.94. The lowest BCUT2D eigenvalue weighted by Gasteiger charge is -2.09. The molecule has 0 spiro atoms. The maximum Gasteiger partial charge on any atom is 0.251 e. The fraction of sp³-hybridized carbons (Fsp3) is 0.500. The number of carbonyl (C=O) groups is 1. The average molecular weight is 298 g/mol. The number of nitrogens with one attached hydrogen (secondary N) is 2. The van der Waals surface area contributed by atoms with Gasteiger partial charge in [-0.3, -0.25) is 4.79 Å². The fourth-order valence-corrected chi connectivity index (χ4v) is 2.51. The lowest BCUT2D eigenvalue weighted by atomic mass is 10.1. The monoisotopic (exact) mass is 298 g/mol. The Morgan fingerprint density at radius 2 is 1.80 bits per heavy atom. The van der Waals surface area contributed by atoms with Crippen LogP contribution in [0.4, 0.5) is 0 Å². The minimum atomic E-state index is -3.32. The first-order valence-corrected chi connectivity index (χ1v) is 8.36. The van der Waals surface area contributed by atoms with Gasteiger partial charge in [-0.2, -0.15) is 0 Å². The van der Waals surface area contributed by atoms with E-state index in [9.17, 15) is 13.2 Å². The van der Waals surface area contributed by atoms with Gasteiger partial charge in [0.25, 0.3) is 5.91 Å². The first-order chi connectivity index (χ1) is 9.41. The zero-order valence-corrected chi connectivity index (χ0v) is 12.7. The van der Waals surface area contributed by atoms with Gasteiger partial charge >= 0.3 is 0 Å². The van der Waals surface area contributed by atoms with Crippen molar-refractivity contribution >= 4 is 15.9 Å². The van der Waals surface area contributed by atoms with E-state index >= 15 is 0 Å². The van der Waals surface area contributed by atoms with E-state index in [1.54, 1.807) is 24.3 Å². The van der Waals surface area contributed by atoms with E-state index in [4.69, 9.17) is 0 Å². The van der Waals surface area contributed by atoms with Crippen LogP contribution in [0.2, 0.25) is 0 Å². The van der Waals surface area contributed by atoms with Gasteiger partial charge in [-0.25, -0.2) is 13.1 Å². The zero-order chi connectivity index (χ0) is 15.0. The number of amides is 1. The molecule has 2 N–H and O–H groups in total. The molecule has 5 nitrogen and oxygen atoms in total. The summed E-state index contributed by atoms with van der Waals surface area (Å²) in [4.78, 5) is 11.7. The minimum Gasteiger partial charge on any atom is -0.351 e. The number of sulfonamides is 1. The van der Waals surface area contributed by atoms with E-state index in [2.05, 4.69) is 10.0 Å². The SMILES string of the molecule is CC(C)CCNS(=O)(=O)CCNC(=O)c1ccccc1. The molecule has 1 aromatic rings. The lowest BCUT2D eigenvalue weighted by molar-refractivity contribution is 0.0956. The van der Waals surface area contributed by atoms with Crippen LogP contribution in [0.15, 0.2) is 30.3 Å². The quantitative estimate of drug-likeness (QED) is 0.761. The zero-order valence-electron chi connectivity index (χ0n) is 11.9. The molecule has 0 atom stereocenters. The van der Waals surface area contributed by atoms with Crippen molar-refractivity contribution in [2.45, 2.75) is 20.3 Å². The highest BCUT2D eigenvalue weighted by Crippen LogP contribution is 1.99. The standard InChI is InChI=1S/C14H22N2O3S/c1-12(2)8-9-16-20(18,19)11-10-15-14(17)13-6-4-3-5-7-13/h3-7,12,16H,8-11H2,1-2H3,(H,15,17). The van der Waals surface area contributed by atoms with Gasteiger partial charge in [0.2, 0.25) is 10.0 Å². The highest BCUT2D eigenvalue weighted by atomic mass is 32.2. The van der Waals surface area contributed by atoms with Gasteiger partial charge in [-0.15, -0.1) is 0 Å². The van der Waals surface area contributed by atoms with Crippen LogP contribution >= 0.6 is 0 Å². The maximum atomic E-state index is 11.7. The van der Waals surface area contributed by atoms with Crippen molar-refractivity contribution in [2.75, 3.05) is 18.8 Å². The first-order valence-electron chi connectivity index (χ1n) is 6.71. The Kier molecular flexibility index (Phi) is 6.67. The average Bonchev–Trinajstić information content (AvgIpc) is 2.38. The normalized spacial score (nSPS) is 11.6. The Morgan fingerprint density at radius 3 is 2.40 bits per heavy atom. The maximum absolute atomic E-state index is 11.7. The molecule has 0 saturated carbocycles. The molecule has 0 aromatic heterocycles. The third kappa shape index (κ3) is 6.68. The van der Waals surface area contributed by atoms with Crippen molar-refractivity contribution in [1.82, 2.24) is 10.0 Å². The van der Waals surface area contributed by atoms with E-state index < -0.39 is 10.0 Å². The number of benzene rings is 1. The summed E-state index contributed by atoms with van der Waals surface area (Å²) in [5.74, 6) is 0.0856. The third-order valence-electron chi connectivity index (χ3n) is 2.74. The van der Waals surface area contributed by atoms with E-state index in [1.165, 1.54) is 0 Å². The molecule has 0 radical (unpaired) electrons. The van der Waals surface area contributed by atoms with E-state index in [0.29, 0.717) is 18.0 Å². The topological polar surface area (TPSA) is 75.3 Å². The molecule has 0 aliphatic heterocycles. The van der Waals surface area contributed by atoms with Gasteiger partial charge in [0.1, 0.15) is 0 Å². The predicted molar refractivity (Wildman–Crippen MR) is 80.0 cm³/mol. The summed E-state index contributed by atoms with van der Waals surface area (Å²) < 4.78 is 25.9. The van der Waals surface area contributed by atoms with Crippen LogP contribution < -0.4 is 10.0 Å². The van der Waals surface area contributed by atoms with Crippen LogP contribution in [0.5, 0.6) is 0 Å². The molecular formula is C14H22N2O3S. The predicted octanol–water partition coefficient (Wildman–Crippen LogP) is 1.38. The summed E-state index contributed by atoms with van der Waals surface area (Å²) in [6, 6.07) is 8.72. The van der Waals surface area contributed by atoms with Crippen molar-refractivity contribution < 1.29 is 13.2 Å². The highest BCUT2D eigenvalue weighted by Gasteiger charge is 2.11. The molecule has 0 aliphatic rings. The molecule has 1 amide bonds. The van der Waals surface area contributed by atoms with E-state index in [0.717, 1.165) is 6.42 Å². The second-order valence-electron chi connectivity index (χ2n) is 5.02. The van der Waals surface area contributed by atoms with Crippen molar-refractivity contribution in [2.24, 2.45) is 5.92 Å². The van der Waals surface area contributed by atoms with Crippen LogP contribution in [0.25, 0.3) is 0 Å². The van der Waals surface area contributed by atoms with Crippen LogP contribution in [-0.4, -0.2) is 33.2 Å². The van der Waals surface area contributed by atoms with Gasteiger partial charge in [0.05, 0.1) is 5.75 Å². The Labute approximate surface area is 120 Å². The van der Waals surface area contributed by atoms with Crippen molar-refractivity contribution in [3.63, 3.8) is 0 Å². The van der Waals surface area contributed by atoms with Crippen LogP contribution in [0.1, 0.15) is 30.6 Å². The summed E-state index contributed by atoms with van der Waals surface area (Å²) >= 11 is 0. The van der Waals surface area contributed by atoms with Gasteiger partial charge in [0.15, 0.2) is 0 Å². The second kappa shape index (κ2) is 8.01. The molecule has 0 heterocycles. The largest absolute Gasteiger partial charge is 0.351 e. The van der Waals surface area contributed by atoms with Crippen LogP contribution in [-0.2, 0) is 10.0 Å². The van der Waals surface area contributed by atoms with E-state index in [1.807, 2.05) is 19.9 Å². The van der Waals surface area contributed by atoms with Crippen molar-refractivity contribution in [1.29, 1.82) is 0 Å². The van der Waals surface area contributed by atoms with Gasteiger partial charge in [-0.1, -0.05) is 32.0 Å². The first kappa shape index (κ1) is 16.7.